The van der Waals surface area contributed by atoms with E-state index in [2.05, 4.69) is 46.2 Å². The fourth-order valence-electron chi connectivity index (χ4n) is 5.04. The number of carbonyl (C=O) groups excluding carboxylic acids is 1. The van der Waals surface area contributed by atoms with Crippen molar-refractivity contribution in [2.75, 3.05) is 19.0 Å². The Balaban J connectivity index is 1.52. The van der Waals surface area contributed by atoms with E-state index in [9.17, 15) is 4.79 Å². The number of rotatable bonds is 5. The minimum atomic E-state index is 0.161. The molecule has 2 heterocycles. The third kappa shape index (κ3) is 3.79. The van der Waals surface area contributed by atoms with E-state index in [4.69, 9.17) is 0 Å². The van der Waals surface area contributed by atoms with Crippen molar-refractivity contribution in [3.05, 3.63) is 65.7 Å². The molecule has 0 N–H and O–H groups in total. The number of piperidine rings is 2. The summed E-state index contributed by atoms with van der Waals surface area (Å²) in [6, 6.07) is 19.9. The van der Waals surface area contributed by atoms with Crippen LogP contribution in [-0.2, 0) is 6.54 Å². The highest BCUT2D eigenvalue weighted by Gasteiger charge is 2.41. The first-order valence-electron chi connectivity index (χ1n) is 10.2. The highest BCUT2D eigenvalue weighted by atomic mass is 16.1. The number of benzene rings is 2. The van der Waals surface area contributed by atoms with E-state index in [1.165, 1.54) is 24.8 Å². The van der Waals surface area contributed by atoms with Crippen LogP contribution < -0.4 is 4.90 Å². The summed E-state index contributed by atoms with van der Waals surface area (Å²) in [6.45, 7) is 1.02. The van der Waals surface area contributed by atoms with Gasteiger partial charge in [0.1, 0.15) is 0 Å². The van der Waals surface area contributed by atoms with Crippen molar-refractivity contribution in [1.29, 1.82) is 0 Å². The SMILES string of the molecule is CN(C)c1ccccc1C(=O)C1CC2CCCC(C1)N2Cc1ccccc1. The monoisotopic (exact) mass is 362 g/mol. The number of ketones is 1. The Labute approximate surface area is 163 Å². The van der Waals surface area contributed by atoms with Gasteiger partial charge in [-0.2, -0.15) is 0 Å². The summed E-state index contributed by atoms with van der Waals surface area (Å²) in [6.07, 6.45) is 5.76. The van der Waals surface area contributed by atoms with Crippen molar-refractivity contribution >= 4 is 11.5 Å². The third-order valence-electron chi connectivity index (χ3n) is 6.36. The van der Waals surface area contributed by atoms with Crippen LogP contribution in [0.15, 0.2) is 54.6 Å². The van der Waals surface area contributed by atoms with Gasteiger partial charge in [0.15, 0.2) is 5.78 Å². The van der Waals surface area contributed by atoms with Gasteiger partial charge in [0.25, 0.3) is 0 Å². The molecule has 2 unspecified atom stereocenters. The number of anilines is 1. The van der Waals surface area contributed by atoms with Gasteiger partial charge >= 0.3 is 0 Å². The molecule has 0 saturated carbocycles. The number of hydrogen-bond acceptors (Lipinski definition) is 3. The number of carbonyl (C=O) groups is 1. The molecule has 4 rings (SSSR count). The predicted octanol–water partition coefficient (Wildman–Crippen LogP) is 4.77. The van der Waals surface area contributed by atoms with Gasteiger partial charge in [-0.1, -0.05) is 48.9 Å². The summed E-state index contributed by atoms with van der Waals surface area (Å²) in [4.78, 5) is 18.1. The summed E-state index contributed by atoms with van der Waals surface area (Å²) in [5, 5.41) is 0. The van der Waals surface area contributed by atoms with Crippen LogP contribution in [0.2, 0.25) is 0 Å². The highest BCUT2D eigenvalue weighted by Crippen LogP contribution is 2.40. The number of para-hydroxylation sites is 1. The van der Waals surface area contributed by atoms with Gasteiger partial charge in [-0.05, 0) is 43.4 Å². The molecule has 0 aliphatic carbocycles. The van der Waals surface area contributed by atoms with Crippen LogP contribution in [0.25, 0.3) is 0 Å². The van der Waals surface area contributed by atoms with Crippen molar-refractivity contribution in [2.24, 2.45) is 5.92 Å². The maximum absolute atomic E-state index is 13.4. The summed E-state index contributed by atoms with van der Waals surface area (Å²) in [7, 11) is 4.03. The van der Waals surface area contributed by atoms with Gasteiger partial charge in [-0.3, -0.25) is 9.69 Å². The van der Waals surface area contributed by atoms with Gasteiger partial charge in [-0.25, -0.2) is 0 Å². The second kappa shape index (κ2) is 7.85. The molecule has 2 fully saturated rings. The Morgan fingerprint density at radius 3 is 2.26 bits per heavy atom. The van der Waals surface area contributed by atoms with Crippen LogP contribution in [0.3, 0.4) is 0 Å². The van der Waals surface area contributed by atoms with Crippen molar-refractivity contribution in [3.63, 3.8) is 0 Å². The number of fused-ring (bicyclic) bond motifs is 2. The smallest absolute Gasteiger partial charge is 0.168 e. The summed E-state index contributed by atoms with van der Waals surface area (Å²) >= 11 is 0. The number of hydrogen-bond donors (Lipinski definition) is 0. The highest BCUT2D eigenvalue weighted by molar-refractivity contribution is 6.02. The van der Waals surface area contributed by atoms with E-state index in [1.807, 2.05) is 32.3 Å². The van der Waals surface area contributed by atoms with E-state index in [0.717, 1.165) is 30.6 Å². The molecule has 3 nitrogen and oxygen atoms in total. The second-order valence-electron chi connectivity index (χ2n) is 8.34. The Morgan fingerprint density at radius 2 is 1.59 bits per heavy atom. The predicted molar refractivity (Wildman–Crippen MR) is 111 cm³/mol. The Morgan fingerprint density at radius 1 is 0.963 bits per heavy atom. The minimum Gasteiger partial charge on any atom is -0.377 e. The zero-order valence-electron chi connectivity index (χ0n) is 16.5. The van der Waals surface area contributed by atoms with Gasteiger partial charge in [0.05, 0.1) is 0 Å². The zero-order valence-corrected chi connectivity index (χ0v) is 16.5. The fraction of sp³-hybridized carbons (Fsp3) is 0.458. The van der Waals surface area contributed by atoms with Gasteiger partial charge in [-0.15, -0.1) is 0 Å². The van der Waals surface area contributed by atoms with Crippen molar-refractivity contribution in [2.45, 2.75) is 50.7 Å². The van der Waals surface area contributed by atoms with Crippen LogP contribution in [0, 0.1) is 5.92 Å². The topological polar surface area (TPSA) is 23.6 Å². The first-order chi connectivity index (χ1) is 13.1. The molecule has 2 aliphatic heterocycles. The lowest BCUT2D eigenvalue weighted by atomic mass is 9.75. The molecule has 2 bridgehead atoms. The lowest BCUT2D eigenvalue weighted by Crippen LogP contribution is -2.52. The van der Waals surface area contributed by atoms with Crippen LogP contribution >= 0.6 is 0 Å². The zero-order chi connectivity index (χ0) is 18.8. The Hall–Kier alpha value is -2.13. The average Bonchev–Trinajstić information content (AvgIpc) is 2.68. The first kappa shape index (κ1) is 18.2. The van der Waals surface area contributed by atoms with Gasteiger partial charge in [0.2, 0.25) is 0 Å². The van der Waals surface area contributed by atoms with E-state index in [0.29, 0.717) is 17.9 Å². The summed E-state index contributed by atoms with van der Waals surface area (Å²) in [5.41, 5.74) is 3.32. The number of nitrogens with zero attached hydrogens (tertiary/aromatic N) is 2. The van der Waals surface area contributed by atoms with Crippen LogP contribution in [0.1, 0.15) is 48.0 Å². The van der Waals surface area contributed by atoms with Crippen molar-refractivity contribution in [3.8, 4) is 0 Å². The molecule has 142 valence electrons. The maximum Gasteiger partial charge on any atom is 0.168 e. The molecule has 2 aromatic carbocycles. The van der Waals surface area contributed by atoms with E-state index in [-0.39, 0.29) is 5.92 Å². The first-order valence-corrected chi connectivity index (χ1v) is 10.2. The maximum atomic E-state index is 13.4. The van der Waals surface area contributed by atoms with Crippen molar-refractivity contribution in [1.82, 2.24) is 4.90 Å². The van der Waals surface area contributed by atoms with Crippen LogP contribution in [-0.4, -0.2) is 36.9 Å². The standard InChI is InChI=1S/C24H30N2O/c1-25(2)23-14-7-6-13-22(23)24(27)19-15-20-11-8-12-21(16-19)26(20)17-18-9-4-3-5-10-18/h3-7,9-10,13-14,19-21H,8,11-12,15-17H2,1-2H3. The largest absolute Gasteiger partial charge is 0.377 e. The minimum absolute atomic E-state index is 0.161. The van der Waals surface area contributed by atoms with Crippen LogP contribution in [0.4, 0.5) is 5.69 Å². The summed E-state index contributed by atoms with van der Waals surface area (Å²) in [5.74, 6) is 0.504. The molecule has 27 heavy (non-hydrogen) atoms. The average molecular weight is 363 g/mol. The molecular formula is C24H30N2O. The molecule has 0 spiro atoms. The quantitative estimate of drug-likeness (QED) is 0.716. The molecule has 0 aromatic heterocycles. The lowest BCUT2D eigenvalue weighted by Gasteiger charge is -2.48. The molecule has 3 heteroatoms. The molecule has 2 saturated heterocycles. The van der Waals surface area contributed by atoms with Gasteiger partial charge < -0.3 is 4.90 Å². The molecule has 2 atom stereocenters. The Bertz CT molecular complexity index is 772. The summed E-state index contributed by atoms with van der Waals surface area (Å²) < 4.78 is 0. The molecule has 2 aliphatic rings. The third-order valence-corrected chi connectivity index (χ3v) is 6.36. The molecule has 2 aromatic rings. The van der Waals surface area contributed by atoms with Crippen LogP contribution in [0.5, 0.6) is 0 Å². The fourth-order valence-corrected chi connectivity index (χ4v) is 5.04. The van der Waals surface area contributed by atoms with E-state index in [1.54, 1.807) is 0 Å². The van der Waals surface area contributed by atoms with Gasteiger partial charge in [0, 0.05) is 49.9 Å². The Kier molecular flexibility index (Phi) is 5.31. The number of Topliss-reactive ketones (excluding diaryl/α,β-unsaturated/α-hetero) is 1. The molecule has 0 radical (unpaired) electrons. The molecule has 0 amide bonds. The second-order valence-corrected chi connectivity index (χ2v) is 8.34. The lowest BCUT2D eigenvalue weighted by molar-refractivity contribution is 0.00908. The van der Waals surface area contributed by atoms with Crippen molar-refractivity contribution < 1.29 is 4.79 Å². The molecular weight excluding hydrogens is 332 g/mol. The van der Waals surface area contributed by atoms with E-state index >= 15 is 0 Å². The van der Waals surface area contributed by atoms with E-state index < -0.39 is 0 Å². The normalized spacial score (nSPS) is 25.2.